The minimum Gasteiger partial charge on any atom is -0.248 e. The molecular weight excluding hydrogens is 740 g/mol. The first-order chi connectivity index (χ1) is 23.7. The minimum atomic E-state index is 0. The van der Waals surface area contributed by atoms with Gasteiger partial charge >= 0.3 is 0 Å². The van der Waals surface area contributed by atoms with Gasteiger partial charge in [0.25, 0.3) is 0 Å². The largest absolute Gasteiger partial charge is 0.248 e. The van der Waals surface area contributed by atoms with E-state index in [4.69, 9.17) is 9.97 Å². The van der Waals surface area contributed by atoms with E-state index in [-0.39, 0.29) is 34.0 Å². The van der Waals surface area contributed by atoms with E-state index in [9.17, 15) is 0 Å². The van der Waals surface area contributed by atoms with Crippen LogP contribution in [0.25, 0.3) is 55.4 Å². The van der Waals surface area contributed by atoms with Crippen LogP contribution in [0.1, 0.15) is 102 Å². The molecule has 0 unspecified atom stereocenters. The molecular formula is C46H54Br2N2. The van der Waals surface area contributed by atoms with Gasteiger partial charge in [0.05, 0.1) is 22.4 Å². The highest BCUT2D eigenvalue weighted by molar-refractivity contribution is 8.93. The Bertz CT molecular complexity index is 1910. The number of halogens is 2. The zero-order chi connectivity index (χ0) is 33.0. The third kappa shape index (κ3) is 10.1. The normalized spacial score (nSPS) is 11.0. The molecule has 0 saturated heterocycles. The highest BCUT2D eigenvalue weighted by Crippen LogP contribution is 2.37. The van der Waals surface area contributed by atoms with Gasteiger partial charge in [0.1, 0.15) is 0 Å². The topological polar surface area (TPSA) is 25.8 Å². The van der Waals surface area contributed by atoms with E-state index in [1.807, 2.05) is 0 Å². The summed E-state index contributed by atoms with van der Waals surface area (Å²) in [4.78, 5) is 10.2. The molecule has 2 heterocycles. The minimum absolute atomic E-state index is 0. The molecule has 50 heavy (non-hydrogen) atoms. The average molecular weight is 795 g/mol. The Hall–Kier alpha value is -3.34. The maximum Gasteiger partial charge on any atom is 0.0712 e. The van der Waals surface area contributed by atoms with Crippen molar-refractivity contribution in [1.29, 1.82) is 0 Å². The quantitative estimate of drug-likeness (QED) is 0.0860. The Morgan fingerprint density at radius 1 is 0.380 bits per heavy atom. The Morgan fingerprint density at radius 2 is 0.820 bits per heavy atom. The molecule has 4 heteroatoms. The maximum absolute atomic E-state index is 5.21. The van der Waals surface area contributed by atoms with Gasteiger partial charge in [0, 0.05) is 21.9 Å². The number of para-hydroxylation sites is 2. The van der Waals surface area contributed by atoms with Crippen LogP contribution in [0.4, 0.5) is 0 Å². The van der Waals surface area contributed by atoms with Crippen molar-refractivity contribution in [2.24, 2.45) is 0 Å². The van der Waals surface area contributed by atoms with Crippen LogP contribution in [0.2, 0.25) is 0 Å². The first kappa shape index (κ1) is 39.4. The van der Waals surface area contributed by atoms with Gasteiger partial charge in [-0.1, -0.05) is 163 Å². The van der Waals surface area contributed by atoms with E-state index in [0.29, 0.717) is 0 Å². The van der Waals surface area contributed by atoms with Crippen LogP contribution in [-0.2, 0) is 12.8 Å². The van der Waals surface area contributed by atoms with E-state index in [0.717, 1.165) is 40.8 Å². The highest BCUT2D eigenvalue weighted by atomic mass is 79.9. The number of benzene rings is 4. The number of fused-ring (bicyclic) bond motifs is 2. The lowest BCUT2D eigenvalue weighted by Gasteiger charge is -2.20. The van der Waals surface area contributed by atoms with Gasteiger partial charge in [-0.25, -0.2) is 9.97 Å². The van der Waals surface area contributed by atoms with Crippen LogP contribution in [0.5, 0.6) is 0 Å². The zero-order valence-corrected chi connectivity index (χ0v) is 33.4. The summed E-state index contributed by atoms with van der Waals surface area (Å²) in [5.41, 5.74) is 12.4. The second-order valence-corrected chi connectivity index (χ2v) is 13.5. The predicted molar refractivity (Wildman–Crippen MR) is 228 cm³/mol. The summed E-state index contributed by atoms with van der Waals surface area (Å²) < 4.78 is 0. The van der Waals surface area contributed by atoms with Gasteiger partial charge in [-0.15, -0.1) is 34.0 Å². The van der Waals surface area contributed by atoms with Crippen LogP contribution in [-0.4, -0.2) is 9.97 Å². The summed E-state index contributed by atoms with van der Waals surface area (Å²) in [6.07, 6.45) is 17.9. The van der Waals surface area contributed by atoms with Crippen molar-refractivity contribution in [3.8, 4) is 33.6 Å². The first-order valence-electron chi connectivity index (χ1n) is 18.7. The molecule has 0 saturated carbocycles. The fraction of sp³-hybridized carbons (Fsp3) is 0.348. The Morgan fingerprint density at radius 3 is 1.40 bits per heavy atom. The van der Waals surface area contributed by atoms with Gasteiger partial charge in [-0.2, -0.15) is 0 Å². The second kappa shape index (κ2) is 20.5. The number of hydrogen-bond acceptors (Lipinski definition) is 2. The summed E-state index contributed by atoms with van der Waals surface area (Å²) in [6, 6.07) is 39.5. The molecule has 6 aromatic rings. The maximum atomic E-state index is 5.21. The third-order valence-corrected chi connectivity index (χ3v) is 9.96. The molecule has 0 aliphatic carbocycles. The fourth-order valence-corrected chi connectivity index (χ4v) is 7.20. The average Bonchev–Trinajstić information content (AvgIpc) is 3.14. The van der Waals surface area contributed by atoms with Crippen molar-refractivity contribution in [2.75, 3.05) is 0 Å². The Labute approximate surface area is 321 Å². The van der Waals surface area contributed by atoms with E-state index in [1.54, 1.807) is 0 Å². The molecule has 0 fully saturated rings. The van der Waals surface area contributed by atoms with Crippen LogP contribution < -0.4 is 0 Å². The number of pyridine rings is 2. The molecule has 0 aliphatic rings. The molecule has 0 radical (unpaired) electrons. The van der Waals surface area contributed by atoms with Crippen molar-refractivity contribution in [3.63, 3.8) is 0 Å². The lowest BCUT2D eigenvalue weighted by Crippen LogP contribution is -2.03. The van der Waals surface area contributed by atoms with Crippen molar-refractivity contribution in [1.82, 2.24) is 9.97 Å². The predicted octanol–water partition coefficient (Wildman–Crippen LogP) is 14.7. The van der Waals surface area contributed by atoms with Crippen molar-refractivity contribution < 1.29 is 0 Å². The molecule has 0 bridgehead atoms. The summed E-state index contributed by atoms with van der Waals surface area (Å²) in [5.74, 6) is 0. The van der Waals surface area contributed by atoms with E-state index in [1.165, 1.54) is 116 Å². The molecule has 0 N–H and O–H groups in total. The monoisotopic (exact) mass is 792 g/mol. The molecule has 262 valence electrons. The van der Waals surface area contributed by atoms with Crippen LogP contribution >= 0.6 is 34.0 Å². The smallest absolute Gasteiger partial charge is 0.0712 e. The van der Waals surface area contributed by atoms with Crippen molar-refractivity contribution in [3.05, 3.63) is 120 Å². The number of rotatable bonds is 17. The molecule has 0 amide bonds. The number of aromatic nitrogens is 2. The number of unbranched alkanes of at least 4 members (excludes halogenated alkanes) is 10. The Balaban J connectivity index is 0.00000281. The SMILES string of the molecule is Br.Br.CCCCCCCCc1c(-c2ccc(-c3ccc4ccccc4n3)cc2)ccc(-c2ccc3ccccc3n2)c1CCCCCCCC. The fourth-order valence-electron chi connectivity index (χ4n) is 7.20. The van der Waals surface area contributed by atoms with Crippen LogP contribution in [0.15, 0.2) is 109 Å². The molecule has 0 aliphatic heterocycles. The number of hydrogen-bond donors (Lipinski definition) is 0. The van der Waals surface area contributed by atoms with E-state index < -0.39 is 0 Å². The van der Waals surface area contributed by atoms with Gasteiger partial charge in [0.2, 0.25) is 0 Å². The van der Waals surface area contributed by atoms with E-state index in [2.05, 4.69) is 123 Å². The first-order valence-corrected chi connectivity index (χ1v) is 18.7. The van der Waals surface area contributed by atoms with E-state index >= 15 is 0 Å². The van der Waals surface area contributed by atoms with Gasteiger partial charge < -0.3 is 0 Å². The number of nitrogens with zero attached hydrogens (tertiary/aromatic N) is 2. The van der Waals surface area contributed by atoms with Crippen molar-refractivity contribution in [2.45, 2.75) is 104 Å². The molecule has 6 rings (SSSR count). The molecule has 0 spiro atoms. The summed E-state index contributed by atoms with van der Waals surface area (Å²) in [6.45, 7) is 4.60. The highest BCUT2D eigenvalue weighted by Gasteiger charge is 2.17. The lowest BCUT2D eigenvalue weighted by molar-refractivity contribution is 0.599. The third-order valence-electron chi connectivity index (χ3n) is 9.96. The molecule has 2 nitrogen and oxygen atoms in total. The lowest BCUT2D eigenvalue weighted by atomic mass is 9.85. The van der Waals surface area contributed by atoms with Crippen molar-refractivity contribution >= 4 is 55.8 Å². The molecule has 0 atom stereocenters. The van der Waals surface area contributed by atoms with Gasteiger partial charge in [-0.3, -0.25) is 0 Å². The molecule has 2 aromatic heterocycles. The van der Waals surface area contributed by atoms with Gasteiger partial charge in [-0.05, 0) is 72.2 Å². The summed E-state index contributed by atoms with van der Waals surface area (Å²) in [5, 5.41) is 2.37. The molecule has 4 aromatic carbocycles. The summed E-state index contributed by atoms with van der Waals surface area (Å²) >= 11 is 0. The van der Waals surface area contributed by atoms with Gasteiger partial charge in [0.15, 0.2) is 0 Å². The second-order valence-electron chi connectivity index (χ2n) is 13.5. The van der Waals surface area contributed by atoms with Crippen LogP contribution in [0.3, 0.4) is 0 Å². The summed E-state index contributed by atoms with van der Waals surface area (Å²) in [7, 11) is 0. The Kier molecular flexibility index (Phi) is 16.2. The zero-order valence-electron chi connectivity index (χ0n) is 30.0. The van der Waals surface area contributed by atoms with Crippen LogP contribution in [0, 0.1) is 0 Å². The standard InChI is InChI=1S/C46H52N2.2BrH/c1-3-5-7-9-11-13-21-40-39(35-25-27-38(28-26-35)45-33-29-36-19-15-17-23-43(36)47-45)31-32-42(41(40)22-14-12-10-8-6-4-2)46-34-30-37-20-16-18-24-44(37)48-46;;/h15-20,23-34H,3-14,21-22H2,1-2H3;2*1H.